The van der Waals surface area contributed by atoms with E-state index in [0.29, 0.717) is 6.61 Å². The van der Waals surface area contributed by atoms with Gasteiger partial charge < -0.3 is 5.11 Å². The molecule has 0 heterocycles. The molecule has 2 fully saturated rings. The molecule has 0 saturated heterocycles. The summed E-state index contributed by atoms with van der Waals surface area (Å²) in [4.78, 5) is 0. The number of unbranched alkanes of at least 4 members (excludes halogenated alkanes) is 1. The van der Waals surface area contributed by atoms with E-state index in [4.69, 9.17) is 5.11 Å². The van der Waals surface area contributed by atoms with Crippen molar-refractivity contribution in [2.45, 2.75) is 51.4 Å². The minimum absolute atomic E-state index is 0.388. The molecule has 0 aromatic rings. The van der Waals surface area contributed by atoms with Crippen molar-refractivity contribution in [3.8, 4) is 0 Å². The van der Waals surface area contributed by atoms with Gasteiger partial charge in [-0.2, -0.15) is 0 Å². The lowest BCUT2D eigenvalue weighted by Gasteiger charge is -2.26. The molecule has 2 saturated carbocycles. The van der Waals surface area contributed by atoms with Crippen LogP contribution < -0.4 is 0 Å². The molecule has 2 aliphatic rings. The minimum atomic E-state index is 0.388. The molecule has 0 aromatic carbocycles. The summed E-state index contributed by atoms with van der Waals surface area (Å²) in [5, 5.41) is 8.71. The molecular formula is C11H20O. The van der Waals surface area contributed by atoms with Gasteiger partial charge in [-0.1, -0.05) is 6.42 Å². The predicted octanol–water partition coefficient (Wildman–Crippen LogP) is 2.73. The first-order valence-electron chi connectivity index (χ1n) is 5.46. The highest BCUT2D eigenvalue weighted by molar-refractivity contribution is 4.95. The Kier molecular flexibility index (Phi) is 2.40. The van der Waals surface area contributed by atoms with Crippen LogP contribution in [0.2, 0.25) is 0 Å². The third kappa shape index (κ3) is 1.52. The largest absolute Gasteiger partial charge is 0.396 e. The Morgan fingerprint density at radius 2 is 1.92 bits per heavy atom. The molecule has 0 spiro atoms. The molecule has 0 unspecified atom stereocenters. The molecule has 0 atom stereocenters. The number of aliphatic hydroxyl groups excluding tert-OH is 1. The summed E-state index contributed by atoms with van der Waals surface area (Å²) in [5.41, 5.74) is 0.750. The average molecular weight is 168 g/mol. The van der Waals surface area contributed by atoms with Crippen LogP contribution in [0.25, 0.3) is 0 Å². The summed E-state index contributed by atoms with van der Waals surface area (Å²) in [7, 11) is 0. The summed E-state index contributed by atoms with van der Waals surface area (Å²) in [6.45, 7) is 0.388. The molecule has 0 aliphatic heterocycles. The Labute approximate surface area is 75.2 Å². The SMILES string of the molecule is OCCCCC12CCC(CC1)C2. The van der Waals surface area contributed by atoms with Gasteiger partial charge in [0.25, 0.3) is 0 Å². The molecular weight excluding hydrogens is 148 g/mol. The first-order chi connectivity index (χ1) is 5.85. The summed E-state index contributed by atoms with van der Waals surface area (Å²) < 4.78 is 0. The Balaban J connectivity index is 1.78. The Hall–Kier alpha value is -0.0400. The normalized spacial score (nSPS) is 39.2. The maximum atomic E-state index is 8.71. The average Bonchev–Trinajstić information content (AvgIpc) is 2.64. The van der Waals surface area contributed by atoms with Gasteiger partial charge in [0.2, 0.25) is 0 Å². The lowest BCUT2D eigenvalue weighted by Crippen LogP contribution is -2.13. The molecule has 70 valence electrons. The van der Waals surface area contributed by atoms with Crippen LogP contribution in [0.5, 0.6) is 0 Å². The van der Waals surface area contributed by atoms with E-state index in [9.17, 15) is 0 Å². The van der Waals surface area contributed by atoms with Gasteiger partial charge in [-0.25, -0.2) is 0 Å². The topological polar surface area (TPSA) is 20.2 Å². The molecule has 12 heavy (non-hydrogen) atoms. The van der Waals surface area contributed by atoms with E-state index in [1.165, 1.54) is 44.9 Å². The highest BCUT2D eigenvalue weighted by Gasteiger charge is 2.43. The van der Waals surface area contributed by atoms with Crippen molar-refractivity contribution >= 4 is 0 Å². The van der Waals surface area contributed by atoms with Crippen molar-refractivity contribution in [2.75, 3.05) is 6.61 Å². The van der Waals surface area contributed by atoms with E-state index in [1.54, 1.807) is 0 Å². The summed E-state index contributed by atoms with van der Waals surface area (Å²) >= 11 is 0. The van der Waals surface area contributed by atoms with Gasteiger partial charge >= 0.3 is 0 Å². The number of hydrogen-bond acceptors (Lipinski definition) is 1. The van der Waals surface area contributed by atoms with Gasteiger partial charge in [0.15, 0.2) is 0 Å². The quantitative estimate of drug-likeness (QED) is 0.640. The van der Waals surface area contributed by atoms with Gasteiger partial charge in [-0.3, -0.25) is 0 Å². The van der Waals surface area contributed by atoms with Crippen LogP contribution in [0.3, 0.4) is 0 Å². The number of rotatable bonds is 4. The molecule has 1 nitrogen and oxygen atoms in total. The zero-order valence-corrected chi connectivity index (χ0v) is 7.89. The van der Waals surface area contributed by atoms with Crippen LogP contribution in [-0.4, -0.2) is 11.7 Å². The second-order valence-electron chi connectivity index (χ2n) is 4.83. The second-order valence-corrected chi connectivity index (χ2v) is 4.83. The van der Waals surface area contributed by atoms with E-state index in [0.717, 1.165) is 17.8 Å². The Morgan fingerprint density at radius 3 is 2.42 bits per heavy atom. The highest BCUT2D eigenvalue weighted by Crippen LogP contribution is 2.56. The molecule has 1 heteroatoms. The fourth-order valence-electron chi connectivity index (χ4n) is 3.27. The Morgan fingerprint density at radius 1 is 1.17 bits per heavy atom. The first kappa shape index (κ1) is 8.55. The van der Waals surface area contributed by atoms with Crippen LogP contribution >= 0.6 is 0 Å². The lowest BCUT2D eigenvalue weighted by atomic mass is 9.80. The highest BCUT2D eigenvalue weighted by atomic mass is 16.2. The van der Waals surface area contributed by atoms with Gasteiger partial charge in [-0.05, 0) is 56.3 Å². The van der Waals surface area contributed by atoms with Crippen molar-refractivity contribution in [3.05, 3.63) is 0 Å². The van der Waals surface area contributed by atoms with Crippen LogP contribution in [0.15, 0.2) is 0 Å². The van der Waals surface area contributed by atoms with Crippen molar-refractivity contribution in [1.29, 1.82) is 0 Å². The van der Waals surface area contributed by atoms with Gasteiger partial charge in [-0.15, -0.1) is 0 Å². The standard InChI is InChI=1S/C11H20O/c12-8-2-1-5-11-6-3-10(9-11)4-7-11/h10,12H,1-9H2. The van der Waals surface area contributed by atoms with E-state index < -0.39 is 0 Å². The fourth-order valence-corrected chi connectivity index (χ4v) is 3.27. The van der Waals surface area contributed by atoms with Crippen molar-refractivity contribution in [1.82, 2.24) is 0 Å². The lowest BCUT2D eigenvalue weighted by molar-refractivity contribution is 0.235. The van der Waals surface area contributed by atoms with Gasteiger partial charge in [0, 0.05) is 6.61 Å². The van der Waals surface area contributed by atoms with Gasteiger partial charge in [0.1, 0.15) is 0 Å². The van der Waals surface area contributed by atoms with Gasteiger partial charge in [0.05, 0.1) is 0 Å². The van der Waals surface area contributed by atoms with Crippen LogP contribution in [-0.2, 0) is 0 Å². The monoisotopic (exact) mass is 168 g/mol. The first-order valence-corrected chi connectivity index (χ1v) is 5.46. The van der Waals surface area contributed by atoms with Crippen LogP contribution in [0.1, 0.15) is 51.4 Å². The zero-order chi connectivity index (χ0) is 8.44. The minimum Gasteiger partial charge on any atom is -0.396 e. The number of fused-ring (bicyclic) bond motifs is 2. The smallest absolute Gasteiger partial charge is 0.0431 e. The summed E-state index contributed by atoms with van der Waals surface area (Å²) in [6.07, 6.45) is 11.2. The fraction of sp³-hybridized carbons (Fsp3) is 1.00. The number of hydrogen-bond donors (Lipinski definition) is 1. The van der Waals surface area contributed by atoms with E-state index >= 15 is 0 Å². The zero-order valence-electron chi connectivity index (χ0n) is 7.89. The third-order valence-electron chi connectivity index (χ3n) is 4.00. The molecule has 1 N–H and O–H groups in total. The summed E-state index contributed by atoms with van der Waals surface area (Å²) in [5.74, 6) is 1.08. The number of aliphatic hydroxyl groups is 1. The summed E-state index contributed by atoms with van der Waals surface area (Å²) in [6, 6.07) is 0. The van der Waals surface area contributed by atoms with Crippen molar-refractivity contribution in [2.24, 2.45) is 11.3 Å². The molecule has 0 amide bonds. The third-order valence-corrected chi connectivity index (χ3v) is 4.00. The molecule has 2 aliphatic carbocycles. The van der Waals surface area contributed by atoms with E-state index in [-0.39, 0.29) is 0 Å². The molecule has 2 rings (SSSR count). The predicted molar refractivity (Wildman–Crippen MR) is 49.9 cm³/mol. The van der Waals surface area contributed by atoms with Crippen LogP contribution in [0.4, 0.5) is 0 Å². The van der Waals surface area contributed by atoms with E-state index in [2.05, 4.69) is 0 Å². The molecule has 0 aromatic heterocycles. The van der Waals surface area contributed by atoms with E-state index in [1.807, 2.05) is 0 Å². The van der Waals surface area contributed by atoms with Crippen molar-refractivity contribution < 1.29 is 5.11 Å². The van der Waals surface area contributed by atoms with Crippen LogP contribution in [0, 0.1) is 11.3 Å². The maximum Gasteiger partial charge on any atom is 0.0431 e. The second kappa shape index (κ2) is 3.37. The molecule has 0 radical (unpaired) electrons. The van der Waals surface area contributed by atoms with Crippen molar-refractivity contribution in [3.63, 3.8) is 0 Å². The molecule has 2 bridgehead atoms. The maximum absolute atomic E-state index is 8.71. The Bertz CT molecular complexity index is 145.